The average Bonchev–Trinajstić information content (AvgIpc) is 1.98. The summed E-state index contributed by atoms with van der Waals surface area (Å²) in [4.78, 5) is 0. The Balaban J connectivity index is 3.55. The molecule has 60 valence electrons. The molecule has 0 amide bonds. The van der Waals surface area contributed by atoms with Gasteiger partial charge in [0, 0.05) is 10.7 Å². The maximum absolute atomic E-state index is 3.46. The zero-order chi connectivity index (χ0) is 7.82. The first-order chi connectivity index (χ1) is 4.85. The summed E-state index contributed by atoms with van der Waals surface area (Å²) in [5, 5.41) is 2.10. The van der Waals surface area contributed by atoms with Crippen molar-refractivity contribution in [3.8, 4) is 0 Å². The van der Waals surface area contributed by atoms with Gasteiger partial charge in [-0.25, -0.2) is 0 Å². The van der Waals surface area contributed by atoms with Gasteiger partial charge >= 0.3 is 0 Å². The summed E-state index contributed by atoms with van der Waals surface area (Å²) in [7, 11) is 0. The molecule has 0 aromatic heterocycles. The third-order valence-electron chi connectivity index (χ3n) is 1.31. The Morgan fingerprint density at radius 1 is 1.40 bits per heavy atom. The van der Waals surface area contributed by atoms with Crippen molar-refractivity contribution in [2.24, 2.45) is 0 Å². The summed E-state index contributed by atoms with van der Waals surface area (Å²) in [6.45, 7) is 2.20. The van der Waals surface area contributed by atoms with Crippen molar-refractivity contribution < 1.29 is 0 Å². The zero-order valence-corrected chi connectivity index (χ0v) is 9.54. The van der Waals surface area contributed by atoms with E-state index in [4.69, 9.17) is 0 Å². The van der Waals surface area contributed by atoms with E-state index in [0.29, 0.717) is 0 Å². The number of rotatable bonds is 5. The van der Waals surface area contributed by atoms with Gasteiger partial charge in [-0.05, 0) is 12.8 Å². The fourth-order valence-corrected chi connectivity index (χ4v) is 1.71. The predicted molar refractivity (Wildman–Crippen MR) is 55.2 cm³/mol. The second-order valence-electron chi connectivity index (χ2n) is 2.22. The Bertz CT molecular complexity index is 97.4. The lowest BCUT2D eigenvalue weighted by Gasteiger charge is -1.98. The molecular weight excluding hydrogens is 256 g/mol. The van der Waals surface area contributed by atoms with Crippen molar-refractivity contribution in [2.45, 2.75) is 26.2 Å². The normalized spacial score (nSPS) is 12.1. The zero-order valence-electron chi connectivity index (χ0n) is 6.37. The molecule has 0 nitrogen and oxygen atoms in total. The van der Waals surface area contributed by atoms with Crippen LogP contribution < -0.4 is 0 Å². The Hall–Kier alpha value is 0.700. The molecule has 0 rings (SSSR count). The summed E-state index contributed by atoms with van der Waals surface area (Å²) in [6, 6.07) is 0. The fraction of sp³-hybridized carbons (Fsp3) is 0.750. The van der Waals surface area contributed by atoms with Crippen molar-refractivity contribution >= 4 is 31.9 Å². The van der Waals surface area contributed by atoms with Crippen molar-refractivity contribution in [2.75, 3.05) is 10.7 Å². The molecule has 0 unspecified atom stereocenters. The second-order valence-corrected chi connectivity index (χ2v) is 3.58. The molecule has 0 aromatic rings. The lowest BCUT2D eigenvalue weighted by molar-refractivity contribution is 0.938. The van der Waals surface area contributed by atoms with E-state index in [0.717, 1.165) is 10.7 Å². The first-order valence-electron chi connectivity index (χ1n) is 3.65. The number of halogens is 2. The van der Waals surface area contributed by atoms with Gasteiger partial charge in [0.1, 0.15) is 0 Å². The summed E-state index contributed by atoms with van der Waals surface area (Å²) in [5.41, 5.74) is 1.51. The lowest BCUT2D eigenvalue weighted by Crippen LogP contribution is -1.85. The highest BCUT2D eigenvalue weighted by molar-refractivity contribution is 9.09. The molecule has 0 bridgehead atoms. The van der Waals surface area contributed by atoms with Gasteiger partial charge in [0.15, 0.2) is 0 Å². The van der Waals surface area contributed by atoms with Crippen molar-refractivity contribution in [3.63, 3.8) is 0 Å². The molecule has 0 atom stereocenters. The number of unbranched alkanes of at least 4 members (excludes halogenated alkanes) is 1. The van der Waals surface area contributed by atoms with Gasteiger partial charge in [0.05, 0.1) is 0 Å². The Labute approximate surface area is 80.3 Å². The van der Waals surface area contributed by atoms with E-state index in [1.165, 1.54) is 24.8 Å². The smallest absolute Gasteiger partial charge is 0.0242 e. The number of hydrogen-bond donors (Lipinski definition) is 0. The highest BCUT2D eigenvalue weighted by Gasteiger charge is 1.91. The van der Waals surface area contributed by atoms with E-state index >= 15 is 0 Å². The largest absolute Gasteiger partial charge is 0.0925 e. The monoisotopic (exact) mass is 268 g/mol. The Morgan fingerprint density at radius 2 is 2.10 bits per heavy atom. The summed E-state index contributed by atoms with van der Waals surface area (Å²) >= 11 is 6.88. The molecule has 0 aliphatic rings. The first-order valence-corrected chi connectivity index (χ1v) is 5.89. The molecule has 0 aliphatic carbocycles. The van der Waals surface area contributed by atoms with Crippen LogP contribution >= 0.6 is 31.9 Å². The molecule has 0 saturated carbocycles. The number of hydrogen-bond acceptors (Lipinski definition) is 0. The third-order valence-corrected chi connectivity index (χ3v) is 2.43. The Morgan fingerprint density at radius 3 is 2.50 bits per heavy atom. The van der Waals surface area contributed by atoms with Gasteiger partial charge in [-0.3, -0.25) is 0 Å². The van der Waals surface area contributed by atoms with E-state index in [-0.39, 0.29) is 0 Å². The fourth-order valence-electron chi connectivity index (χ4n) is 0.693. The van der Waals surface area contributed by atoms with E-state index < -0.39 is 0 Å². The molecule has 0 fully saturated rings. The minimum atomic E-state index is 1.03. The highest BCUT2D eigenvalue weighted by Crippen LogP contribution is 2.09. The molecule has 10 heavy (non-hydrogen) atoms. The van der Waals surface area contributed by atoms with Crippen LogP contribution in [-0.4, -0.2) is 10.7 Å². The molecule has 0 aromatic carbocycles. The Kier molecular flexibility index (Phi) is 8.35. The van der Waals surface area contributed by atoms with Gasteiger partial charge < -0.3 is 0 Å². The van der Waals surface area contributed by atoms with E-state index in [1.54, 1.807) is 0 Å². The molecule has 0 N–H and O–H groups in total. The van der Waals surface area contributed by atoms with Crippen LogP contribution in [0.2, 0.25) is 0 Å². The number of alkyl halides is 2. The van der Waals surface area contributed by atoms with Crippen LogP contribution in [0.15, 0.2) is 11.6 Å². The van der Waals surface area contributed by atoms with Crippen LogP contribution in [0, 0.1) is 0 Å². The quantitative estimate of drug-likeness (QED) is 0.525. The first kappa shape index (κ1) is 10.7. The average molecular weight is 270 g/mol. The van der Waals surface area contributed by atoms with Crippen LogP contribution in [0.1, 0.15) is 26.2 Å². The summed E-state index contributed by atoms with van der Waals surface area (Å²) in [6.07, 6.45) is 5.97. The molecule has 0 heterocycles. The topological polar surface area (TPSA) is 0 Å². The standard InChI is InChI=1S/C8H14Br2/c1-2-3-4-8(7-10)5-6-9/h4H,2-3,5-7H2,1H3/b8-4+. The lowest BCUT2D eigenvalue weighted by atomic mass is 10.2. The van der Waals surface area contributed by atoms with Crippen LogP contribution in [0.5, 0.6) is 0 Å². The highest BCUT2D eigenvalue weighted by atomic mass is 79.9. The van der Waals surface area contributed by atoms with Gasteiger partial charge in [-0.15, -0.1) is 0 Å². The van der Waals surface area contributed by atoms with Crippen molar-refractivity contribution in [1.29, 1.82) is 0 Å². The molecule has 0 saturated heterocycles. The van der Waals surface area contributed by atoms with Crippen LogP contribution in [-0.2, 0) is 0 Å². The minimum Gasteiger partial charge on any atom is -0.0925 e. The molecule has 0 radical (unpaired) electrons. The van der Waals surface area contributed by atoms with Crippen molar-refractivity contribution in [3.05, 3.63) is 11.6 Å². The van der Waals surface area contributed by atoms with Crippen molar-refractivity contribution in [1.82, 2.24) is 0 Å². The summed E-state index contributed by atoms with van der Waals surface area (Å²) in [5.74, 6) is 0. The summed E-state index contributed by atoms with van der Waals surface area (Å²) < 4.78 is 0. The van der Waals surface area contributed by atoms with Gasteiger partial charge in [0.2, 0.25) is 0 Å². The minimum absolute atomic E-state index is 1.03. The van der Waals surface area contributed by atoms with E-state index in [1.807, 2.05) is 0 Å². The van der Waals surface area contributed by atoms with E-state index in [2.05, 4.69) is 44.9 Å². The van der Waals surface area contributed by atoms with Gasteiger partial charge in [0.25, 0.3) is 0 Å². The predicted octanol–water partition coefficient (Wildman–Crippen LogP) is 3.89. The van der Waals surface area contributed by atoms with Gasteiger partial charge in [-0.2, -0.15) is 0 Å². The van der Waals surface area contributed by atoms with Crippen LogP contribution in [0.25, 0.3) is 0 Å². The number of allylic oxidation sites excluding steroid dienone is 2. The third kappa shape index (κ3) is 5.48. The van der Waals surface area contributed by atoms with Crippen LogP contribution in [0.4, 0.5) is 0 Å². The van der Waals surface area contributed by atoms with E-state index in [9.17, 15) is 0 Å². The SMILES string of the molecule is CCC/C=C(/CBr)CCBr. The van der Waals surface area contributed by atoms with Crippen LogP contribution in [0.3, 0.4) is 0 Å². The molecule has 0 spiro atoms. The molecule has 2 heteroatoms. The maximum atomic E-state index is 3.46. The molecular formula is C8H14Br2. The second kappa shape index (κ2) is 7.80. The maximum Gasteiger partial charge on any atom is 0.0242 e. The van der Waals surface area contributed by atoms with Gasteiger partial charge in [-0.1, -0.05) is 56.9 Å². The molecule has 0 aliphatic heterocycles.